The predicted molar refractivity (Wildman–Crippen MR) is 95.6 cm³/mol. The summed E-state index contributed by atoms with van der Waals surface area (Å²) >= 11 is 9.29. The topological polar surface area (TPSA) is 63.2 Å². The van der Waals surface area contributed by atoms with E-state index in [2.05, 4.69) is 21.2 Å². The molecule has 0 radical (unpaired) electrons. The minimum atomic E-state index is -3.48. The first kappa shape index (κ1) is 18.0. The van der Waals surface area contributed by atoms with E-state index in [0.717, 1.165) is 10.0 Å². The molecule has 0 spiro atoms. The number of sulfone groups is 1. The molecule has 0 aliphatic rings. The van der Waals surface area contributed by atoms with Gasteiger partial charge in [0.25, 0.3) is 0 Å². The Hall–Kier alpha value is -1.37. The van der Waals surface area contributed by atoms with Gasteiger partial charge in [-0.15, -0.1) is 0 Å². The van der Waals surface area contributed by atoms with E-state index in [1.54, 1.807) is 42.5 Å². The average Bonchev–Trinajstić information content (AvgIpc) is 2.49. The van der Waals surface area contributed by atoms with Crippen LogP contribution in [0.25, 0.3) is 0 Å². The zero-order valence-electron chi connectivity index (χ0n) is 12.3. The fourth-order valence-electron chi connectivity index (χ4n) is 1.89. The second-order valence-electron chi connectivity index (χ2n) is 5.05. The van der Waals surface area contributed by atoms with Crippen LogP contribution in [-0.4, -0.2) is 20.1 Å². The lowest BCUT2D eigenvalue weighted by atomic mass is 10.2. The molecule has 4 nitrogen and oxygen atoms in total. The number of carbonyl (C=O) groups excluding carboxylic acids is 1. The number of halogens is 2. The Morgan fingerprint density at radius 3 is 2.43 bits per heavy atom. The third-order valence-corrected chi connectivity index (χ3v) is 5.72. The molecule has 1 amide bonds. The Labute approximate surface area is 148 Å². The van der Waals surface area contributed by atoms with Crippen LogP contribution in [0.3, 0.4) is 0 Å². The van der Waals surface area contributed by atoms with Crippen LogP contribution in [0.1, 0.15) is 12.0 Å². The van der Waals surface area contributed by atoms with E-state index in [-0.39, 0.29) is 17.1 Å². The van der Waals surface area contributed by atoms with Gasteiger partial charge in [-0.25, -0.2) is 8.42 Å². The van der Waals surface area contributed by atoms with Crippen molar-refractivity contribution in [1.29, 1.82) is 0 Å². The van der Waals surface area contributed by atoms with Gasteiger partial charge in [0.2, 0.25) is 5.91 Å². The van der Waals surface area contributed by atoms with Gasteiger partial charge in [-0.2, -0.15) is 0 Å². The summed E-state index contributed by atoms with van der Waals surface area (Å²) < 4.78 is 25.2. The number of carbonyl (C=O) groups is 1. The van der Waals surface area contributed by atoms with Crippen molar-refractivity contribution in [3.8, 4) is 0 Å². The monoisotopic (exact) mass is 415 g/mol. The number of aryl methyl sites for hydroxylation is 1. The first-order valence-electron chi connectivity index (χ1n) is 6.82. The Kier molecular flexibility index (Phi) is 5.84. The lowest BCUT2D eigenvalue weighted by molar-refractivity contribution is -0.115. The maximum absolute atomic E-state index is 12.2. The number of amides is 1. The summed E-state index contributed by atoms with van der Waals surface area (Å²) in [6, 6.07) is 11.6. The Morgan fingerprint density at radius 2 is 1.83 bits per heavy atom. The third kappa shape index (κ3) is 5.06. The Balaban J connectivity index is 1.99. The van der Waals surface area contributed by atoms with E-state index in [9.17, 15) is 13.2 Å². The molecule has 2 aromatic carbocycles. The van der Waals surface area contributed by atoms with Gasteiger partial charge in [0.05, 0.1) is 21.4 Å². The molecular formula is C16H15BrClNO3S. The number of rotatable bonds is 5. The van der Waals surface area contributed by atoms with Gasteiger partial charge in [-0.05, 0) is 37.3 Å². The lowest BCUT2D eigenvalue weighted by Crippen LogP contribution is -2.17. The minimum Gasteiger partial charge on any atom is -0.325 e. The minimum absolute atomic E-state index is 0.136. The second-order valence-corrected chi connectivity index (χ2v) is 8.49. The van der Waals surface area contributed by atoms with Crippen LogP contribution in [0.15, 0.2) is 51.8 Å². The average molecular weight is 417 g/mol. The molecule has 0 aliphatic carbocycles. The number of anilines is 1. The van der Waals surface area contributed by atoms with Crippen LogP contribution in [0.4, 0.5) is 5.69 Å². The van der Waals surface area contributed by atoms with Crippen LogP contribution in [0.2, 0.25) is 5.02 Å². The van der Waals surface area contributed by atoms with Crippen LogP contribution < -0.4 is 5.32 Å². The molecule has 0 saturated carbocycles. The molecular weight excluding hydrogens is 402 g/mol. The van der Waals surface area contributed by atoms with Crippen molar-refractivity contribution in [1.82, 2.24) is 0 Å². The summed E-state index contributed by atoms with van der Waals surface area (Å²) in [5.41, 5.74) is 1.43. The molecule has 7 heteroatoms. The van der Waals surface area contributed by atoms with Crippen molar-refractivity contribution in [2.45, 2.75) is 18.2 Å². The molecule has 0 fully saturated rings. The zero-order valence-corrected chi connectivity index (χ0v) is 15.5. The van der Waals surface area contributed by atoms with E-state index in [0.29, 0.717) is 10.7 Å². The fourth-order valence-corrected chi connectivity index (χ4v) is 3.86. The number of nitrogens with one attached hydrogen (secondary N) is 1. The molecule has 23 heavy (non-hydrogen) atoms. The summed E-state index contributed by atoms with van der Waals surface area (Å²) in [6.45, 7) is 1.88. The highest BCUT2D eigenvalue weighted by Crippen LogP contribution is 2.25. The van der Waals surface area contributed by atoms with Crippen molar-refractivity contribution < 1.29 is 13.2 Å². The Bertz CT molecular complexity index is 820. The maximum atomic E-state index is 12.2. The first-order valence-corrected chi connectivity index (χ1v) is 9.64. The molecule has 0 bridgehead atoms. The van der Waals surface area contributed by atoms with Gasteiger partial charge < -0.3 is 5.32 Å². The molecule has 0 heterocycles. The fraction of sp³-hybridized carbons (Fsp3) is 0.188. The highest BCUT2D eigenvalue weighted by atomic mass is 79.9. The quantitative estimate of drug-likeness (QED) is 0.794. The number of benzene rings is 2. The Morgan fingerprint density at radius 1 is 1.17 bits per heavy atom. The van der Waals surface area contributed by atoms with Gasteiger partial charge in [-0.3, -0.25) is 4.79 Å². The van der Waals surface area contributed by atoms with E-state index >= 15 is 0 Å². The molecule has 0 unspecified atom stereocenters. The summed E-state index contributed by atoms with van der Waals surface area (Å²) in [4.78, 5) is 12.2. The standard InChI is InChI=1S/C16H15BrClNO3S/c1-11-2-5-13(6-3-11)23(21,22)9-8-16(20)19-15-7-4-12(17)10-14(15)18/h2-7,10H,8-9H2,1H3,(H,19,20). The summed E-state index contributed by atoms with van der Waals surface area (Å²) in [5.74, 6) is -0.652. The molecule has 2 aromatic rings. The third-order valence-electron chi connectivity index (χ3n) is 3.18. The molecule has 0 aliphatic heterocycles. The van der Waals surface area contributed by atoms with Crippen LogP contribution in [0.5, 0.6) is 0 Å². The molecule has 2 rings (SSSR count). The molecule has 0 saturated heterocycles. The van der Waals surface area contributed by atoms with Crippen LogP contribution >= 0.6 is 27.5 Å². The number of hydrogen-bond acceptors (Lipinski definition) is 3. The highest BCUT2D eigenvalue weighted by Gasteiger charge is 2.16. The summed E-state index contributed by atoms with van der Waals surface area (Å²) in [7, 11) is -3.48. The lowest BCUT2D eigenvalue weighted by Gasteiger charge is -2.08. The van der Waals surface area contributed by atoms with E-state index < -0.39 is 15.7 Å². The number of hydrogen-bond donors (Lipinski definition) is 1. The van der Waals surface area contributed by atoms with Crippen molar-refractivity contribution >= 4 is 49.0 Å². The molecule has 0 atom stereocenters. The summed E-state index contributed by atoms with van der Waals surface area (Å²) in [6.07, 6.45) is -0.136. The molecule has 0 aromatic heterocycles. The van der Waals surface area contributed by atoms with Gasteiger partial charge in [-0.1, -0.05) is 45.2 Å². The van der Waals surface area contributed by atoms with Gasteiger partial charge in [0.1, 0.15) is 0 Å². The van der Waals surface area contributed by atoms with Crippen molar-refractivity contribution in [3.63, 3.8) is 0 Å². The molecule has 1 N–H and O–H groups in total. The largest absolute Gasteiger partial charge is 0.325 e. The predicted octanol–water partition coefficient (Wildman–Crippen LogP) is 4.21. The first-order chi connectivity index (χ1) is 10.8. The SMILES string of the molecule is Cc1ccc(S(=O)(=O)CCC(=O)Nc2ccc(Br)cc2Cl)cc1. The normalized spacial score (nSPS) is 11.3. The van der Waals surface area contributed by atoms with E-state index in [4.69, 9.17) is 11.6 Å². The maximum Gasteiger partial charge on any atom is 0.225 e. The highest BCUT2D eigenvalue weighted by molar-refractivity contribution is 9.10. The van der Waals surface area contributed by atoms with Crippen molar-refractivity contribution in [2.75, 3.05) is 11.1 Å². The van der Waals surface area contributed by atoms with Gasteiger partial charge >= 0.3 is 0 Å². The van der Waals surface area contributed by atoms with E-state index in [1.165, 1.54) is 0 Å². The molecule has 122 valence electrons. The van der Waals surface area contributed by atoms with Crippen LogP contribution in [0, 0.1) is 6.92 Å². The second kappa shape index (κ2) is 7.47. The van der Waals surface area contributed by atoms with Crippen molar-refractivity contribution in [2.24, 2.45) is 0 Å². The van der Waals surface area contributed by atoms with Gasteiger partial charge in [0, 0.05) is 10.9 Å². The van der Waals surface area contributed by atoms with Crippen LogP contribution in [-0.2, 0) is 14.6 Å². The van der Waals surface area contributed by atoms with Crippen molar-refractivity contribution in [3.05, 3.63) is 57.5 Å². The summed E-state index contributed by atoms with van der Waals surface area (Å²) in [5, 5.41) is 3.00. The zero-order chi connectivity index (χ0) is 17.0. The van der Waals surface area contributed by atoms with E-state index in [1.807, 2.05) is 6.92 Å². The smallest absolute Gasteiger partial charge is 0.225 e. The van der Waals surface area contributed by atoms with Gasteiger partial charge in [0.15, 0.2) is 9.84 Å².